The van der Waals surface area contributed by atoms with Gasteiger partial charge in [-0.15, -0.1) is 12.4 Å². The lowest BCUT2D eigenvalue weighted by atomic mass is 10.1. The van der Waals surface area contributed by atoms with Crippen LogP contribution in [0.5, 0.6) is 0 Å². The van der Waals surface area contributed by atoms with Crippen LogP contribution in [0.2, 0.25) is 0 Å². The van der Waals surface area contributed by atoms with Crippen LogP contribution >= 0.6 is 12.4 Å². The van der Waals surface area contributed by atoms with Gasteiger partial charge < -0.3 is 10.6 Å². The molecular weight excluding hydrogens is 272 g/mol. The highest BCUT2D eigenvalue weighted by atomic mass is 35.5. The summed E-state index contributed by atoms with van der Waals surface area (Å²) in [5, 5.41) is 0. The van der Waals surface area contributed by atoms with Gasteiger partial charge in [0.1, 0.15) is 0 Å². The van der Waals surface area contributed by atoms with E-state index in [1.807, 2.05) is 4.90 Å². The van der Waals surface area contributed by atoms with Crippen molar-refractivity contribution >= 4 is 18.3 Å². The number of carbonyl (C=O) groups excluding carboxylic acids is 1. The summed E-state index contributed by atoms with van der Waals surface area (Å²) in [4.78, 5) is 14.2. The topological polar surface area (TPSA) is 46.3 Å². The summed E-state index contributed by atoms with van der Waals surface area (Å²) in [6, 6.07) is 9.07. The van der Waals surface area contributed by atoms with E-state index in [4.69, 9.17) is 5.73 Å². The maximum absolute atomic E-state index is 12.2. The van der Waals surface area contributed by atoms with E-state index in [2.05, 4.69) is 31.2 Å². The Hall–Kier alpha value is -1.06. The lowest BCUT2D eigenvalue weighted by molar-refractivity contribution is -0.132. The average molecular weight is 297 g/mol. The molecule has 1 aliphatic carbocycles. The fraction of sp³-hybridized carbons (Fsp3) is 0.562. The molecule has 0 aliphatic heterocycles. The van der Waals surface area contributed by atoms with E-state index >= 15 is 0 Å². The maximum Gasteiger partial charge on any atom is 0.223 e. The van der Waals surface area contributed by atoms with Gasteiger partial charge in [0.15, 0.2) is 0 Å². The van der Waals surface area contributed by atoms with E-state index in [0.717, 1.165) is 32.2 Å². The predicted octanol–water partition coefficient (Wildman–Crippen LogP) is 2.90. The van der Waals surface area contributed by atoms with Crippen molar-refractivity contribution in [1.82, 2.24) is 4.90 Å². The minimum atomic E-state index is 0. The summed E-state index contributed by atoms with van der Waals surface area (Å²) < 4.78 is 0. The Kier molecular flexibility index (Phi) is 7.03. The highest BCUT2D eigenvalue weighted by Crippen LogP contribution is 2.29. The fourth-order valence-electron chi connectivity index (χ4n) is 2.28. The molecule has 1 amide bonds. The monoisotopic (exact) mass is 296 g/mol. The molecule has 0 radical (unpaired) electrons. The zero-order valence-electron chi connectivity index (χ0n) is 12.2. The van der Waals surface area contributed by atoms with Crippen LogP contribution < -0.4 is 5.73 Å². The third-order valence-electron chi connectivity index (χ3n) is 3.69. The Morgan fingerprint density at radius 2 is 1.85 bits per heavy atom. The molecule has 3 nitrogen and oxygen atoms in total. The van der Waals surface area contributed by atoms with E-state index in [-0.39, 0.29) is 18.3 Å². The number of benzene rings is 1. The van der Waals surface area contributed by atoms with Crippen LogP contribution in [0.3, 0.4) is 0 Å². The molecule has 20 heavy (non-hydrogen) atoms. The van der Waals surface area contributed by atoms with Crippen LogP contribution in [-0.2, 0) is 17.8 Å². The first-order valence-electron chi connectivity index (χ1n) is 7.32. The summed E-state index contributed by atoms with van der Waals surface area (Å²) in [5.74, 6) is 0.257. The van der Waals surface area contributed by atoms with Crippen molar-refractivity contribution in [3.63, 3.8) is 0 Å². The van der Waals surface area contributed by atoms with Gasteiger partial charge in [0.2, 0.25) is 5.91 Å². The second-order valence-corrected chi connectivity index (χ2v) is 5.32. The number of rotatable bonds is 7. The number of carbonyl (C=O) groups is 1. The third-order valence-corrected chi connectivity index (χ3v) is 3.69. The minimum absolute atomic E-state index is 0. The fourth-order valence-corrected chi connectivity index (χ4v) is 2.28. The van der Waals surface area contributed by atoms with E-state index in [0.29, 0.717) is 19.0 Å². The molecule has 0 heterocycles. The molecule has 1 aliphatic rings. The van der Waals surface area contributed by atoms with Crippen LogP contribution in [0.15, 0.2) is 24.3 Å². The molecule has 1 aromatic rings. The molecule has 4 heteroatoms. The number of amides is 1. The van der Waals surface area contributed by atoms with Gasteiger partial charge in [-0.05, 0) is 43.4 Å². The van der Waals surface area contributed by atoms with Gasteiger partial charge in [0, 0.05) is 19.0 Å². The highest BCUT2D eigenvalue weighted by molar-refractivity contribution is 5.85. The molecule has 112 valence electrons. The van der Waals surface area contributed by atoms with Crippen molar-refractivity contribution in [1.29, 1.82) is 0 Å². The first-order chi connectivity index (χ1) is 9.24. The zero-order valence-corrected chi connectivity index (χ0v) is 13.0. The molecule has 1 aromatic carbocycles. The summed E-state index contributed by atoms with van der Waals surface area (Å²) in [6.07, 6.45) is 4.74. The third kappa shape index (κ3) is 4.80. The zero-order chi connectivity index (χ0) is 13.7. The van der Waals surface area contributed by atoms with Crippen molar-refractivity contribution in [3.8, 4) is 0 Å². The quantitative estimate of drug-likeness (QED) is 0.841. The maximum atomic E-state index is 12.2. The molecule has 1 fully saturated rings. The summed E-state index contributed by atoms with van der Waals surface area (Å²) in [6.45, 7) is 3.50. The lowest BCUT2D eigenvalue weighted by Crippen LogP contribution is -2.32. The van der Waals surface area contributed by atoms with Gasteiger partial charge in [0.25, 0.3) is 0 Å². The van der Waals surface area contributed by atoms with Gasteiger partial charge in [-0.1, -0.05) is 31.2 Å². The number of nitrogens with two attached hydrogens (primary N) is 1. The molecule has 0 saturated heterocycles. The molecule has 2 N–H and O–H groups in total. The Labute approximate surface area is 127 Å². The number of nitrogens with zero attached hydrogens (tertiary/aromatic N) is 1. The molecule has 0 spiro atoms. The number of hydrogen-bond acceptors (Lipinski definition) is 2. The smallest absolute Gasteiger partial charge is 0.223 e. The van der Waals surface area contributed by atoms with E-state index in [1.54, 1.807) is 0 Å². The van der Waals surface area contributed by atoms with E-state index < -0.39 is 0 Å². The lowest BCUT2D eigenvalue weighted by Gasteiger charge is -2.22. The molecule has 2 rings (SSSR count). The number of aryl methyl sites for hydroxylation is 1. The standard InChI is InChI=1S/C16H24N2O.ClH/c1-2-13-5-7-14(8-6-13)12-18(15-9-10-15)16(19)4-3-11-17;/h5-8,15H,2-4,9-12,17H2,1H3;1H. The van der Waals surface area contributed by atoms with Gasteiger partial charge in [0.05, 0.1) is 0 Å². The summed E-state index contributed by atoms with van der Waals surface area (Å²) in [7, 11) is 0. The normalized spacial score (nSPS) is 13.7. The molecular formula is C16H25ClN2O. The molecule has 1 saturated carbocycles. The Morgan fingerprint density at radius 1 is 1.25 bits per heavy atom. The van der Waals surface area contributed by atoms with Crippen molar-refractivity contribution in [2.75, 3.05) is 6.54 Å². The Balaban J connectivity index is 0.00000200. The highest BCUT2D eigenvalue weighted by Gasteiger charge is 2.31. The number of halogens is 1. The summed E-state index contributed by atoms with van der Waals surface area (Å²) in [5.41, 5.74) is 8.05. The molecule has 0 bridgehead atoms. The van der Waals surface area contributed by atoms with Crippen LogP contribution in [0.1, 0.15) is 43.7 Å². The Bertz CT molecular complexity index is 415. The second kappa shape index (κ2) is 8.28. The van der Waals surface area contributed by atoms with E-state index in [1.165, 1.54) is 11.1 Å². The van der Waals surface area contributed by atoms with Crippen molar-refractivity contribution in [2.45, 2.75) is 51.6 Å². The first kappa shape index (κ1) is 17.0. The van der Waals surface area contributed by atoms with Crippen molar-refractivity contribution in [2.24, 2.45) is 5.73 Å². The first-order valence-corrected chi connectivity index (χ1v) is 7.32. The number of hydrogen-bond donors (Lipinski definition) is 1. The van der Waals surface area contributed by atoms with Crippen molar-refractivity contribution < 1.29 is 4.79 Å². The average Bonchev–Trinajstić information content (AvgIpc) is 3.27. The minimum Gasteiger partial charge on any atom is -0.335 e. The molecule has 0 atom stereocenters. The SMILES string of the molecule is CCc1ccc(CN(C(=O)CCCN)C2CC2)cc1.Cl. The largest absolute Gasteiger partial charge is 0.335 e. The molecule has 0 unspecified atom stereocenters. The van der Waals surface area contributed by atoms with Gasteiger partial charge in [-0.25, -0.2) is 0 Å². The predicted molar refractivity (Wildman–Crippen MR) is 84.9 cm³/mol. The van der Waals surface area contributed by atoms with Crippen LogP contribution in [0.25, 0.3) is 0 Å². The van der Waals surface area contributed by atoms with Gasteiger partial charge >= 0.3 is 0 Å². The Morgan fingerprint density at radius 3 is 2.35 bits per heavy atom. The molecule has 0 aromatic heterocycles. The second-order valence-electron chi connectivity index (χ2n) is 5.32. The van der Waals surface area contributed by atoms with E-state index in [9.17, 15) is 4.79 Å². The van der Waals surface area contributed by atoms with Crippen LogP contribution in [0, 0.1) is 0 Å². The summed E-state index contributed by atoms with van der Waals surface area (Å²) >= 11 is 0. The van der Waals surface area contributed by atoms with Crippen LogP contribution in [0.4, 0.5) is 0 Å². The van der Waals surface area contributed by atoms with Gasteiger partial charge in [-0.3, -0.25) is 4.79 Å². The van der Waals surface area contributed by atoms with Crippen LogP contribution in [-0.4, -0.2) is 23.4 Å². The van der Waals surface area contributed by atoms with Crippen molar-refractivity contribution in [3.05, 3.63) is 35.4 Å². The van der Waals surface area contributed by atoms with Gasteiger partial charge in [-0.2, -0.15) is 0 Å².